The highest BCUT2D eigenvalue weighted by Crippen LogP contribution is 2.18. The number of benzene rings is 1. The van der Waals surface area contributed by atoms with E-state index in [1.807, 2.05) is 31.3 Å². The summed E-state index contributed by atoms with van der Waals surface area (Å²) in [6, 6.07) is 12.3. The van der Waals surface area contributed by atoms with Crippen LogP contribution in [0.2, 0.25) is 0 Å². The van der Waals surface area contributed by atoms with Crippen molar-refractivity contribution in [1.29, 1.82) is 0 Å². The van der Waals surface area contributed by atoms with Crippen molar-refractivity contribution in [3.63, 3.8) is 0 Å². The average molecular weight is 287 g/mol. The fourth-order valence-corrected chi connectivity index (χ4v) is 2.02. The molecule has 2 aromatic heterocycles. The summed E-state index contributed by atoms with van der Waals surface area (Å²) in [5.41, 5.74) is 3.17. The zero-order valence-corrected chi connectivity index (χ0v) is 11.9. The lowest BCUT2D eigenvalue weighted by Gasteiger charge is -2.06. The number of halogens is 1. The Morgan fingerprint density at radius 3 is 2.60 bits per heavy atom. The maximum atomic E-state index is 4.21. The Kier molecular flexibility index (Phi) is 4.48. The number of aromatic nitrogens is 4. The minimum atomic E-state index is 0. The molecule has 0 spiro atoms. The molecule has 0 radical (unpaired) electrons. The summed E-state index contributed by atoms with van der Waals surface area (Å²) in [7, 11) is 0. The third-order valence-electron chi connectivity index (χ3n) is 3.07. The zero-order chi connectivity index (χ0) is 13.1. The second-order valence-corrected chi connectivity index (χ2v) is 4.40. The zero-order valence-electron chi connectivity index (χ0n) is 11.1. The average Bonchev–Trinajstić information content (AvgIpc) is 2.86. The molecular formula is C15H15ClN4. The van der Waals surface area contributed by atoms with Gasteiger partial charge in [0.05, 0.1) is 18.4 Å². The smallest absolute Gasteiger partial charge is 0.105 e. The lowest BCUT2D eigenvalue weighted by atomic mass is 10.1. The van der Waals surface area contributed by atoms with Gasteiger partial charge in [0.25, 0.3) is 0 Å². The minimum absolute atomic E-state index is 0. The highest BCUT2D eigenvalue weighted by Gasteiger charge is 2.03. The van der Waals surface area contributed by atoms with Crippen LogP contribution in [0.5, 0.6) is 0 Å². The van der Waals surface area contributed by atoms with Crippen molar-refractivity contribution in [3.05, 3.63) is 66.5 Å². The van der Waals surface area contributed by atoms with Crippen LogP contribution < -0.4 is 0 Å². The van der Waals surface area contributed by atoms with Crippen molar-refractivity contribution < 1.29 is 0 Å². The van der Waals surface area contributed by atoms with Gasteiger partial charge in [-0.25, -0.2) is 4.98 Å². The molecule has 3 rings (SSSR count). The summed E-state index contributed by atoms with van der Waals surface area (Å²) >= 11 is 0. The second kappa shape index (κ2) is 6.30. The first kappa shape index (κ1) is 14.2. The number of aryl methyl sites for hydroxylation is 1. The highest BCUT2D eigenvalue weighted by molar-refractivity contribution is 5.85. The van der Waals surface area contributed by atoms with E-state index < -0.39 is 0 Å². The van der Waals surface area contributed by atoms with Gasteiger partial charge in [-0.15, -0.1) is 12.4 Å². The van der Waals surface area contributed by atoms with Gasteiger partial charge in [-0.3, -0.25) is 0 Å². The molecule has 0 aliphatic carbocycles. The first-order valence-electron chi connectivity index (χ1n) is 6.18. The maximum absolute atomic E-state index is 4.21. The van der Waals surface area contributed by atoms with Crippen molar-refractivity contribution in [2.45, 2.75) is 13.5 Å². The summed E-state index contributed by atoms with van der Waals surface area (Å²) in [6.45, 7) is 2.67. The van der Waals surface area contributed by atoms with Gasteiger partial charge in [0.1, 0.15) is 5.82 Å². The van der Waals surface area contributed by atoms with Gasteiger partial charge in [0.2, 0.25) is 0 Å². The molecule has 0 unspecified atom stereocenters. The molecule has 0 atom stereocenters. The maximum Gasteiger partial charge on any atom is 0.105 e. The molecule has 2 heterocycles. The van der Waals surface area contributed by atoms with E-state index in [0.29, 0.717) is 6.54 Å². The van der Waals surface area contributed by atoms with Gasteiger partial charge >= 0.3 is 0 Å². The molecule has 4 nitrogen and oxygen atoms in total. The topological polar surface area (TPSA) is 43.6 Å². The Balaban J connectivity index is 0.00000147. The molecule has 0 bridgehead atoms. The predicted octanol–water partition coefficient (Wildman–Crippen LogP) is 3.12. The number of hydrogen-bond donors (Lipinski definition) is 0. The summed E-state index contributed by atoms with van der Waals surface area (Å²) in [5.74, 6) is 0.979. The Labute approximate surface area is 123 Å². The van der Waals surface area contributed by atoms with E-state index in [0.717, 1.165) is 22.6 Å². The second-order valence-electron chi connectivity index (χ2n) is 4.40. The van der Waals surface area contributed by atoms with E-state index in [1.165, 1.54) is 0 Å². The van der Waals surface area contributed by atoms with Crippen molar-refractivity contribution in [2.24, 2.45) is 0 Å². The van der Waals surface area contributed by atoms with E-state index in [9.17, 15) is 0 Å². The number of nitrogens with zero attached hydrogens (tertiary/aromatic N) is 4. The number of rotatable bonds is 3. The third kappa shape index (κ3) is 3.03. The molecule has 3 aromatic rings. The Hall–Kier alpha value is -2.20. The lowest BCUT2D eigenvalue weighted by Crippen LogP contribution is -2.04. The quantitative estimate of drug-likeness (QED) is 0.743. The van der Waals surface area contributed by atoms with Crippen LogP contribution in [-0.4, -0.2) is 19.7 Å². The first-order chi connectivity index (χ1) is 9.33. The van der Waals surface area contributed by atoms with Crippen molar-refractivity contribution >= 4 is 12.4 Å². The SMILES string of the molecule is Cc1nccn1Cc1cc(-c2ccccc2)cnn1.Cl. The highest BCUT2D eigenvalue weighted by atomic mass is 35.5. The predicted molar refractivity (Wildman–Crippen MR) is 80.8 cm³/mol. The first-order valence-corrected chi connectivity index (χ1v) is 6.18. The van der Waals surface area contributed by atoms with Crippen molar-refractivity contribution in [1.82, 2.24) is 19.7 Å². The van der Waals surface area contributed by atoms with Crippen LogP contribution in [0.25, 0.3) is 11.1 Å². The normalized spacial score (nSPS) is 10.1. The molecule has 0 aliphatic heterocycles. The van der Waals surface area contributed by atoms with Crippen molar-refractivity contribution in [3.8, 4) is 11.1 Å². The Morgan fingerprint density at radius 2 is 1.90 bits per heavy atom. The lowest BCUT2D eigenvalue weighted by molar-refractivity contribution is 0.727. The monoisotopic (exact) mass is 286 g/mol. The van der Waals surface area contributed by atoms with Crippen LogP contribution in [0.3, 0.4) is 0 Å². The van der Waals surface area contributed by atoms with E-state index in [1.54, 1.807) is 12.4 Å². The summed E-state index contributed by atoms with van der Waals surface area (Å²) in [6.07, 6.45) is 5.54. The van der Waals surface area contributed by atoms with Crippen LogP contribution in [0.1, 0.15) is 11.5 Å². The molecule has 5 heteroatoms. The molecule has 102 valence electrons. The van der Waals surface area contributed by atoms with Gasteiger partial charge in [-0.1, -0.05) is 30.3 Å². The molecule has 20 heavy (non-hydrogen) atoms. The number of hydrogen-bond acceptors (Lipinski definition) is 3. The van der Waals surface area contributed by atoms with E-state index in [4.69, 9.17) is 0 Å². The van der Waals surface area contributed by atoms with Gasteiger partial charge < -0.3 is 4.57 Å². The Morgan fingerprint density at radius 1 is 1.10 bits per heavy atom. The third-order valence-corrected chi connectivity index (χ3v) is 3.07. The molecule has 0 aliphatic rings. The summed E-state index contributed by atoms with van der Waals surface area (Å²) in [4.78, 5) is 4.21. The van der Waals surface area contributed by atoms with Gasteiger partial charge in [-0.05, 0) is 18.6 Å². The van der Waals surface area contributed by atoms with Crippen LogP contribution in [0, 0.1) is 6.92 Å². The largest absolute Gasteiger partial charge is 0.329 e. The minimum Gasteiger partial charge on any atom is -0.329 e. The van der Waals surface area contributed by atoms with Crippen LogP contribution in [0.15, 0.2) is 55.0 Å². The molecule has 0 N–H and O–H groups in total. The standard InChI is InChI=1S/C15H14N4.ClH/c1-12-16-7-8-19(12)11-15-9-14(10-17-18-15)13-5-3-2-4-6-13;/h2-10H,11H2,1H3;1H. The summed E-state index contributed by atoms with van der Waals surface area (Å²) < 4.78 is 2.05. The molecular weight excluding hydrogens is 272 g/mol. The van der Waals surface area contributed by atoms with E-state index in [-0.39, 0.29) is 12.4 Å². The van der Waals surface area contributed by atoms with Gasteiger partial charge in [0.15, 0.2) is 0 Å². The molecule has 0 amide bonds. The van der Waals surface area contributed by atoms with Gasteiger partial charge in [0, 0.05) is 18.0 Å². The van der Waals surface area contributed by atoms with Crippen LogP contribution in [0.4, 0.5) is 0 Å². The molecule has 1 aromatic carbocycles. The van der Waals surface area contributed by atoms with Crippen molar-refractivity contribution in [2.75, 3.05) is 0 Å². The molecule has 0 saturated carbocycles. The Bertz CT molecular complexity index is 679. The van der Waals surface area contributed by atoms with Crippen LogP contribution >= 0.6 is 12.4 Å². The fourth-order valence-electron chi connectivity index (χ4n) is 2.02. The fraction of sp³-hybridized carbons (Fsp3) is 0.133. The molecule has 0 saturated heterocycles. The summed E-state index contributed by atoms with van der Waals surface area (Å²) in [5, 5.41) is 8.27. The number of imidazole rings is 1. The van der Waals surface area contributed by atoms with E-state index >= 15 is 0 Å². The van der Waals surface area contributed by atoms with E-state index in [2.05, 4.69) is 37.9 Å². The van der Waals surface area contributed by atoms with Crippen LogP contribution in [-0.2, 0) is 6.54 Å². The molecule has 0 fully saturated rings. The van der Waals surface area contributed by atoms with Gasteiger partial charge in [-0.2, -0.15) is 10.2 Å².